The molecule has 57 heavy (non-hydrogen) atoms. The fourth-order valence-corrected chi connectivity index (χ4v) is 10.1. The van der Waals surface area contributed by atoms with Crippen molar-refractivity contribution in [3.63, 3.8) is 0 Å². The second-order valence-corrected chi connectivity index (χ2v) is 16.1. The lowest BCUT2D eigenvalue weighted by atomic mass is 9.55. The van der Waals surface area contributed by atoms with Gasteiger partial charge in [-0.1, -0.05) is 178 Å². The van der Waals surface area contributed by atoms with Crippen LogP contribution in [-0.4, -0.2) is 0 Å². The number of benzene rings is 9. The van der Waals surface area contributed by atoms with Crippen LogP contribution in [0.25, 0.3) is 44.2 Å². The summed E-state index contributed by atoms with van der Waals surface area (Å²) >= 11 is 0. The molecule has 0 unspecified atom stereocenters. The Labute approximate surface area is 335 Å². The van der Waals surface area contributed by atoms with E-state index in [1.807, 2.05) is 0 Å². The van der Waals surface area contributed by atoms with Gasteiger partial charge in [-0.05, 0) is 126 Å². The second kappa shape index (κ2) is 12.8. The van der Waals surface area contributed by atoms with Crippen molar-refractivity contribution in [2.75, 3.05) is 4.90 Å². The maximum Gasteiger partial charge on any atom is 0.0719 e. The zero-order valence-electron chi connectivity index (χ0n) is 32.2. The van der Waals surface area contributed by atoms with Crippen LogP contribution in [0.5, 0.6) is 0 Å². The molecule has 11 rings (SSSR count). The summed E-state index contributed by atoms with van der Waals surface area (Å²) in [5.41, 5.74) is 18.6. The Morgan fingerprint density at radius 1 is 0.298 bits per heavy atom. The van der Waals surface area contributed by atoms with E-state index < -0.39 is 5.41 Å². The molecule has 9 aromatic carbocycles. The third-order valence-corrected chi connectivity index (χ3v) is 12.7. The molecule has 0 saturated carbocycles. The first-order chi connectivity index (χ1) is 28.0. The van der Waals surface area contributed by atoms with Crippen molar-refractivity contribution in [1.82, 2.24) is 0 Å². The second-order valence-electron chi connectivity index (χ2n) is 16.1. The highest BCUT2D eigenvalue weighted by Gasteiger charge is 2.53. The normalized spacial score (nSPS) is 14.1. The highest BCUT2D eigenvalue weighted by Crippen LogP contribution is 2.62. The van der Waals surface area contributed by atoms with E-state index >= 15 is 0 Å². The summed E-state index contributed by atoms with van der Waals surface area (Å²) in [5.74, 6) is 0. The molecule has 0 fully saturated rings. The van der Waals surface area contributed by atoms with Crippen LogP contribution < -0.4 is 4.90 Å². The molecule has 0 radical (unpaired) electrons. The van der Waals surface area contributed by atoms with E-state index in [0.717, 1.165) is 17.1 Å². The Morgan fingerprint density at radius 2 is 0.807 bits per heavy atom. The minimum atomic E-state index is -0.416. The number of hydrogen-bond donors (Lipinski definition) is 0. The molecule has 0 atom stereocenters. The van der Waals surface area contributed by atoms with Crippen molar-refractivity contribution in [2.45, 2.75) is 24.7 Å². The predicted octanol–water partition coefficient (Wildman–Crippen LogP) is 14.6. The summed E-state index contributed by atoms with van der Waals surface area (Å²) in [6.07, 6.45) is 0. The molecule has 9 aromatic rings. The summed E-state index contributed by atoms with van der Waals surface area (Å²) in [7, 11) is 0. The highest BCUT2D eigenvalue weighted by molar-refractivity contribution is 5.92. The van der Waals surface area contributed by atoms with Crippen LogP contribution in [0.1, 0.15) is 47.2 Å². The van der Waals surface area contributed by atoms with E-state index in [1.165, 1.54) is 77.5 Å². The molecule has 0 heterocycles. The molecular formula is C56H41N. The van der Waals surface area contributed by atoms with Crippen molar-refractivity contribution in [2.24, 2.45) is 0 Å². The van der Waals surface area contributed by atoms with Crippen molar-refractivity contribution in [1.29, 1.82) is 0 Å². The van der Waals surface area contributed by atoms with Gasteiger partial charge in [0.1, 0.15) is 0 Å². The molecule has 2 aliphatic carbocycles. The van der Waals surface area contributed by atoms with Gasteiger partial charge in [-0.2, -0.15) is 0 Å². The summed E-state index contributed by atoms with van der Waals surface area (Å²) in [6.45, 7) is 4.77. The van der Waals surface area contributed by atoms with E-state index in [0.29, 0.717) is 0 Å². The number of rotatable bonds is 5. The van der Waals surface area contributed by atoms with E-state index in [1.54, 1.807) is 0 Å². The average Bonchev–Trinajstić information content (AvgIpc) is 3.56. The fraction of sp³-hybridized carbons (Fsp3) is 0.0714. The molecule has 0 amide bonds. The molecule has 0 N–H and O–H groups in total. The molecule has 0 saturated heterocycles. The number of hydrogen-bond acceptors (Lipinski definition) is 1. The van der Waals surface area contributed by atoms with Crippen molar-refractivity contribution in [3.8, 4) is 33.4 Å². The van der Waals surface area contributed by atoms with Crippen LogP contribution in [-0.2, 0) is 10.8 Å². The molecule has 1 spiro atoms. The number of para-hydroxylation sites is 1. The van der Waals surface area contributed by atoms with Gasteiger partial charge in [0.05, 0.1) is 5.41 Å². The Morgan fingerprint density at radius 3 is 1.53 bits per heavy atom. The van der Waals surface area contributed by atoms with Gasteiger partial charge in [-0.3, -0.25) is 0 Å². The summed E-state index contributed by atoms with van der Waals surface area (Å²) in [4.78, 5) is 2.36. The third-order valence-electron chi connectivity index (χ3n) is 12.7. The van der Waals surface area contributed by atoms with Gasteiger partial charge < -0.3 is 4.90 Å². The van der Waals surface area contributed by atoms with Gasteiger partial charge in [-0.15, -0.1) is 0 Å². The maximum absolute atomic E-state index is 2.49. The monoisotopic (exact) mass is 727 g/mol. The topological polar surface area (TPSA) is 3.24 Å². The molecule has 0 aliphatic heterocycles. The lowest BCUT2D eigenvalue weighted by molar-refractivity contribution is 0.563. The van der Waals surface area contributed by atoms with Gasteiger partial charge in [0.25, 0.3) is 0 Å². The van der Waals surface area contributed by atoms with E-state index in [4.69, 9.17) is 0 Å². The lowest BCUT2D eigenvalue weighted by Gasteiger charge is -2.46. The molecule has 0 bridgehead atoms. The Hall–Kier alpha value is -6.96. The summed E-state index contributed by atoms with van der Waals surface area (Å²) < 4.78 is 0. The zero-order chi connectivity index (χ0) is 38.1. The van der Waals surface area contributed by atoms with Crippen LogP contribution in [0, 0.1) is 0 Å². The van der Waals surface area contributed by atoms with Gasteiger partial charge in [0.2, 0.25) is 0 Å². The maximum atomic E-state index is 2.49. The van der Waals surface area contributed by atoms with Gasteiger partial charge >= 0.3 is 0 Å². The molecular weight excluding hydrogens is 687 g/mol. The van der Waals surface area contributed by atoms with Crippen LogP contribution in [0.4, 0.5) is 17.1 Å². The van der Waals surface area contributed by atoms with Crippen LogP contribution in [0.3, 0.4) is 0 Å². The van der Waals surface area contributed by atoms with Crippen LogP contribution in [0.15, 0.2) is 212 Å². The van der Waals surface area contributed by atoms with E-state index in [-0.39, 0.29) is 5.41 Å². The first kappa shape index (κ1) is 33.4. The number of anilines is 3. The highest BCUT2D eigenvalue weighted by atomic mass is 15.1. The van der Waals surface area contributed by atoms with Crippen LogP contribution >= 0.6 is 0 Å². The van der Waals surface area contributed by atoms with Gasteiger partial charge in [0, 0.05) is 22.5 Å². The molecule has 0 aromatic heterocycles. The largest absolute Gasteiger partial charge is 0.310 e. The zero-order valence-corrected chi connectivity index (χ0v) is 32.2. The Kier molecular flexibility index (Phi) is 7.50. The first-order valence-electron chi connectivity index (χ1n) is 20.0. The fourth-order valence-electron chi connectivity index (χ4n) is 10.1. The average molecular weight is 728 g/mol. The van der Waals surface area contributed by atoms with Crippen molar-refractivity contribution in [3.05, 3.63) is 246 Å². The van der Waals surface area contributed by atoms with E-state index in [2.05, 4.69) is 231 Å². The molecule has 270 valence electrons. The summed E-state index contributed by atoms with van der Waals surface area (Å²) in [6, 6.07) is 78.7. The number of nitrogens with zero attached hydrogens (tertiary/aromatic N) is 1. The van der Waals surface area contributed by atoms with Gasteiger partial charge in [-0.25, -0.2) is 0 Å². The minimum absolute atomic E-state index is 0.124. The molecule has 1 heteroatoms. The van der Waals surface area contributed by atoms with Crippen LogP contribution in [0.2, 0.25) is 0 Å². The lowest BCUT2D eigenvalue weighted by Crippen LogP contribution is -2.40. The Bertz CT molecular complexity index is 2960. The van der Waals surface area contributed by atoms with Gasteiger partial charge in [0.15, 0.2) is 0 Å². The smallest absolute Gasteiger partial charge is 0.0719 e. The quantitative estimate of drug-likeness (QED) is 0.171. The van der Waals surface area contributed by atoms with E-state index in [9.17, 15) is 0 Å². The van der Waals surface area contributed by atoms with Crippen molar-refractivity contribution >= 4 is 27.8 Å². The molecule has 2 aliphatic rings. The summed E-state index contributed by atoms with van der Waals surface area (Å²) in [5, 5.41) is 2.46. The SMILES string of the molecule is CC1(C)c2ccccc2C2(c3ccccc3-c3ccc(-c4cccc(-c5cccc(N(c6ccccc6)c6ccc7ccccc7c6)c5)c4)cc32)c2ccccc21. The standard InChI is InChI=1S/C56H41N/c1-55(2)50-26-10-12-28-52(50)56(53-29-13-11-27-51(53)55)49-25-9-8-24-47(49)48-33-31-43(37-54(48)56)40-19-14-18-39(34-40)42-20-15-23-45(36-42)57(44-21-4-3-5-22-44)46-32-30-38-16-6-7-17-41(38)35-46/h3-37H,1-2H3. The minimum Gasteiger partial charge on any atom is -0.310 e. The van der Waals surface area contributed by atoms with Crippen molar-refractivity contribution < 1.29 is 0 Å². The number of fused-ring (bicyclic) bond motifs is 10. The Balaban J connectivity index is 1.05. The first-order valence-corrected chi connectivity index (χ1v) is 20.0. The molecule has 1 nitrogen and oxygen atoms in total. The third kappa shape index (κ3) is 5.02. The predicted molar refractivity (Wildman–Crippen MR) is 239 cm³/mol.